The fraction of sp³-hybridized carbons (Fsp3) is 0.455. The quantitative estimate of drug-likeness (QED) is 0.424. The van der Waals surface area contributed by atoms with Gasteiger partial charge in [0.05, 0.1) is 20.5 Å². The number of anilines is 1. The molecule has 0 saturated carbocycles. The van der Waals surface area contributed by atoms with Crippen molar-refractivity contribution in [3.05, 3.63) is 36.6 Å². The van der Waals surface area contributed by atoms with Gasteiger partial charge in [0.15, 0.2) is 5.76 Å². The van der Waals surface area contributed by atoms with Gasteiger partial charge < -0.3 is 13.9 Å². The molecule has 10 heteroatoms. The first-order valence-corrected chi connectivity index (χ1v) is 12.4. The van der Waals surface area contributed by atoms with E-state index in [1.54, 1.807) is 32.4 Å². The van der Waals surface area contributed by atoms with Gasteiger partial charge in [0.2, 0.25) is 11.8 Å². The van der Waals surface area contributed by atoms with Gasteiger partial charge in [0.25, 0.3) is 0 Å². The minimum absolute atomic E-state index is 0.451. The fourth-order valence-corrected chi connectivity index (χ4v) is 5.85. The third kappa shape index (κ3) is 5.02. The van der Waals surface area contributed by atoms with Gasteiger partial charge in [-0.25, -0.2) is 4.31 Å². The summed E-state index contributed by atoms with van der Waals surface area (Å²) in [5, 5.41) is 9.90. The molecular formula is C22H29N5O3S2. The van der Waals surface area contributed by atoms with Gasteiger partial charge in [-0.3, -0.25) is 9.29 Å². The van der Waals surface area contributed by atoms with Gasteiger partial charge in [-0.05, 0) is 49.1 Å². The topological polar surface area (TPSA) is 77.6 Å². The highest BCUT2D eigenvalue weighted by Gasteiger charge is 2.26. The first-order valence-electron chi connectivity index (χ1n) is 10.6. The maximum absolute atomic E-state index is 5.65. The molecule has 1 aliphatic heterocycles. The van der Waals surface area contributed by atoms with Crippen molar-refractivity contribution >= 4 is 29.8 Å². The number of methoxy groups -OCH3 is 2. The molecule has 1 atom stereocenters. The number of aromatic nitrogens is 3. The third-order valence-electron chi connectivity index (χ3n) is 5.05. The normalized spacial score (nSPS) is 17.0. The van der Waals surface area contributed by atoms with Gasteiger partial charge in [-0.2, -0.15) is 0 Å². The van der Waals surface area contributed by atoms with Crippen LogP contribution in [0.1, 0.15) is 26.7 Å². The van der Waals surface area contributed by atoms with Crippen LogP contribution in [0.15, 0.2) is 41.0 Å². The Balaban J connectivity index is 1.65. The Bertz CT molecular complexity index is 987. The molecule has 3 heterocycles. The molecule has 0 amide bonds. The number of nitrogens with one attached hydrogen (secondary N) is 1. The predicted molar refractivity (Wildman–Crippen MR) is 131 cm³/mol. The second kappa shape index (κ2) is 10.5. The molecular weight excluding hydrogens is 446 g/mol. The zero-order valence-corrected chi connectivity index (χ0v) is 20.4. The molecule has 3 aromatic rings. The summed E-state index contributed by atoms with van der Waals surface area (Å²) in [5.41, 5.74) is 0.720. The summed E-state index contributed by atoms with van der Waals surface area (Å²) in [6.07, 6.45) is 3.96. The molecule has 32 heavy (non-hydrogen) atoms. The standard InChI is InChI=1S/C22H29N5O3S2/c1-15(2)32-26-12-6-8-16(14-26)31-25-22-24-23-21(19-11-7-13-30-19)27(22)20-17(28-3)9-5-10-18(20)29-4/h5,7,9-11,13,15-16H,6,8,12,14H2,1-4H3,(H,24,25). The van der Waals surface area contributed by atoms with E-state index in [0.717, 1.165) is 25.2 Å². The van der Waals surface area contributed by atoms with E-state index in [0.29, 0.717) is 39.5 Å². The molecule has 0 radical (unpaired) electrons. The lowest BCUT2D eigenvalue weighted by Crippen LogP contribution is -2.33. The summed E-state index contributed by atoms with van der Waals surface area (Å²) >= 11 is 3.61. The lowest BCUT2D eigenvalue weighted by molar-refractivity contribution is 0.388. The summed E-state index contributed by atoms with van der Waals surface area (Å²) in [7, 11) is 3.28. The zero-order chi connectivity index (χ0) is 22.5. The number of nitrogens with zero attached hydrogens (tertiary/aromatic N) is 4. The van der Waals surface area contributed by atoms with Gasteiger partial charge in [0, 0.05) is 23.6 Å². The molecule has 2 aromatic heterocycles. The van der Waals surface area contributed by atoms with Gasteiger partial charge >= 0.3 is 0 Å². The number of piperidine rings is 1. The minimum atomic E-state index is 0.451. The molecule has 0 spiro atoms. The second-order valence-corrected chi connectivity index (χ2v) is 10.5. The van der Waals surface area contributed by atoms with Crippen molar-refractivity contribution in [3.8, 4) is 28.8 Å². The van der Waals surface area contributed by atoms with E-state index in [9.17, 15) is 0 Å². The Kier molecular flexibility index (Phi) is 7.54. The third-order valence-corrected chi connectivity index (χ3v) is 7.12. The van der Waals surface area contributed by atoms with Crippen molar-refractivity contribution in [1.82, 2.24) is 19.1 Å². The van der Waals surface area contributed by atoms with Crippen molar-refractivity contribution < 1.29 is 13.9 Å². The van der Waals surface area contributed by atoms with Crippen LogP contribution in [0, 0.1) is 0 Å². The van der Waals surface area contributed by atoms with Crippen LogP contribution < -0.4 is 14.2 Å². The molecule has 1 N–H and O–H groups in total. The summed E-state index contributed by atoms with van der Waals surface area (Å²) in [5.74, 6) is 3.09. The summed E-state index contributed by atoms with van der Waals surface area (Å²) < 4.78 is 24.8. The van der Waals surface area contributed by atoms with Crippen molar-refractivity contribution in [2.75, 3.05) is 32.0 Å². The lowest BCUT2D eigenvalue weighted by atomic mass is 10.2. The first-order chi connectivity index (χ1) is 15.6. The smallest absolute Gasteiger partial charge is 0.239 e. The maximum Gasteiger partial charge on any atom is 0.239 e. The molecule has 1 fully saturated rings. The molecule has 0 aliphatic carbocycles. The average molecular weight is 476 g/mol. The zero-order valence-electron chi connectivity index (χ0n) is 18.8. The predicted octanol–water partition coefficient (Wildman–Crippen LogP) is 5.13. The Morgan fingerprint density at radius 2 is 1.91 bits per heavy atom. The second-order valence-electron chi connectivity index (χ2n) is 7.70. The number of para-hydroxylation sites is 1. The molecule has 1 unspecified atom stereocenters. The number of hydrogen-bond donors (Lipinski definition) is 1. The number of ether oxygens (including phenoxy) is 2. The highest BCUT2D eigenvalue weighted by molar-refractivity contribution is 8.01. The van der Waals surface area contributed by atoms with E-state index in [1.165, 1.54) is 6.42 Å². The number of furan rings is 1. The Morgan fingerprint density at radius 1 is 1.12 bits per heavy atom. The van der Waals surface area contributed by atoms with Crippen LogP contribution in [0.2, 0.25) is 0 Å². The van der Waals surface area contributed by atoms with Crippen LogP contribution in [-0.2, 0) is 0 Å². The van der Waals surface area contributed by atoms with Crippen LogP contribution in [0.25, 0.3) is 17.3 Å². The molecule has 172 valence electrons. The highest BCUT2D eigenvalue weighted by atomic mass is 32.2. The monoisotopic (exact) mass is 475 g/mol. The Labute approximate surface area is 197 Å². The SMILES string of the molecule is COc1cccc(OC)c1-n1c(NSC2CCCN(SC(C)C)C2)nnc1-c1ccco1. The van der Waals surface area contributed by atoms with Crippen LogP contribution >= 0.6 is 23.9 Å². The summed E-state index contributed by atoms with van der Waals surface area (Å²) in [4.78, 5) is 0. The molecule has 1 aliphatic rings. The number of rotatable bonds is 9. The number of benzene rings is 1. The Morgan fingerprint density at radius 3 is 2.56 bits per heavy atom. The van der Waals surface area contributed by atoms with E-state index in [4.69, 9.17) is 13.9 Å². The summed E-state index contributed by atoms with van der Waals surface area (Å²) in [6, 6.07) is 9.37. The van der Waals surface area contributed by atoms with E-state index in [1.807, 2.05) is 46.8 Å². The van der Waals surface area contributed by atoms with Crippen molar-refractivity contribution in [2.24, 2.45) is 0 Å². The molecule has 1 aromatic carbocycles. The fourth-order valence-electron chi connectivity index (χ4n) is 3.71. The van der Waals surface area contributed by atoms with Crippen LogP contribution in [0.5, 0.6) is 11.5 Å². The molecule has 0 bridgehead atoms. The van der Waals surface area contributed by atoms with E-state index < -0.39 is 0 Å². The maximum atomic E-state index is 5.65. The van der Waals surface area contributed by atoms with Crippen LogP contribution in [-0.4, -0.2) is 56.9 Å². The highest BCUT2D eigenvalue weighted by Crippen LogP contribution is 2.38. The Hall–Kier alpha value is -2.30. The lowest BCUT2D eigenvalue weighted by Gasteiger charge is -2.32. The van der Waals surface area contributed by atoms with Gasteiger partial charge in [0.1, 0.15) is 17.2 Å². The molecule has 8 nitrogen and oxygen atoms in total. The van der Waals surface area contributed by atoms with Crippen molar-refractivity contribution in [2.45, 2.75) is 37.2 Å². The largest absolute Gasteiger partial charge is 0.494 e. The van der Waals surface area contributed by atoms with E-state index >= 15 is 0 Å². The average Bonchev–Trinajstić information content (AvgIpc) is 3.46. The number of hydrogen-bond acceptors (Lipinski definition) is 9. The van der Waals surface area contributed by atoms with Crippen molar-refractivity contribution in [3.63, 3.8) is 0 Å². The molecule has 1 saturated heterocycles. The van der Waals surface area contributed by atoms with Gasteiger partial charge in [-0.1, -0.05) is 31.9 Å². The first kappa shape index (κ1) is 22.9. The van der Waals surface area contributed by atoms with Crippen molar-refractivity contribution in [1.29, 1.82) is 0 Å². The van der Waals surface area contributed by atoms with E-state index in [-0.39, 0.29) is 0 Å². The summed E-state index contributed by atoms with van der Waals surface area (Å²) in [6.45, 7) is 6.63. The van der Waals surface area contributed by atoms with E-state index in [2.05, 4.69) is 33.1 Å². The minimum Gasteiger partial charge on any atom is -0.494 e. The van der Waals surface area contributed by atoms with Gasteiger partial charge in [-0.15, -0.1) is 10.2 Å². The van der Waals surface area contributed by atoms with Crippen LogP contribution in [0.4, 0.5) is 5.95 Å². The van der Waals surface area contributed by atoms with Crippen LogP contribution in [0.3, 0.4) is 0 Å². The molecule has 4 rings (SSSR count).